The molecule has 0 aliphatic heterocycles. The van der Waals surface area contributed by atoms with Gasteiger partial charge in [-0.15, -0.1) is 21.5 Å². The molecule has 0 amide bonds. The molecule has 0 aliphatic rings. The maximum atomic E-state index is 13.0. The van der Waals surface area contributed by atoms with E-state index in [2.05, 4.69) is 10.2 Å². The molecule has 0 fully saturated rings. The first kappa shape index (κ1) is 16.9. The Morgan fingerprint density at radius 3 is 2.69 bits per heavy atom. The third kappa shape index (κ3) is 3.27. The highest BCUT2D eigenvalue weighted by atomic mass is 32.2. The average molecular weight is 384 g/mol. The molecule has 2 heterocycles. The van der Waals surface area contributed by atoms with Gasteiger partial charge in [0.05, 0.1) is 10.6 Å². The van der Waals surface area contributed by atoms with Gasteiger partial charge in [-0.2, -0.15) is 0 Å². The molecule has 4 nitrogen and oxygen atoms in total. The maximum absolute atomic E-state index is 13.0. The summed E-state index contributed by atoms with van der Waals surface area (Å²) in [4.78, 5) is 13.3. The topological polar surface area (TPSA) is 56.0 Å². The van der Waals surface area contributed by atoms with Gasteiger partial charge in [0.15, 0.2) is 5.78 Å². The second-order valence-corrected chi connectivity index (χ2v) is 7.62. The quantitative estimate of drug-likeness (QED) is 0.342. The molecule has 0 saturated carbocycles. The summed E-state index contributed by atoms with van der Waals surface area (Å²) in [7, 11) is 0. The number of hydrogen-bond acceptors (Lipinski definition) is 6. The fourth-order valence-electron chi connectivity index (χ4n) is 2.61. The Morgan fingerprint density at radius 2 is 1.92 bits per heavy atom. The van der Waals surface area contributed by atoms with E-state index in [0.29, 0.717) is 16.7 Å². The number of benzene rings is 2. The zero-order chi connectivity index (χ0) is 18.1. The Hall–Kier alpha value is -2.51. The number of nitrogens with zero attached hydrogens (tertiary/aromatic N) is 2. The van der Waals surface area contributed by atoms with Crippen molar-refractivity contribution in [1.29, 1.82) is 0 Å². The zero-order valence-electron chi connectivity index (χ0n) is 13.7. The summed E-state index contributed by atoms with van der Waals surface area (Å²) < 4.78 is 19.6. The molecule has 0 atom stereocenters. The molecular weight excluding hydrogens is 371 g/mol. The summed E-state index contributed by atoms with van der Waals surface area (Å²) in [5.41, 5.74) is 1.64. The molecule has 0 bridgehead atoms. The number of aryl methyl sites for hydroxylation is 1. The van der Waals surface area contributed by atoms with E-state index in [0.717, 1.165) is 20.5 Å². The number of rotatable bonds is 5. The summed E-state index contributed by atoms with van der Waals surface area (Å²) in [5.74, 6) is 0.235. The van der Waals surface area contributed by atoms with E-state index in [9.17, 15) is 9.18 Å². The highest BCUT2D eigenvalue weighted by Gasteiger charge is 2.17. The first-order valence-electron chi connectivity index (χ1n) is 7.85. The Bertz CT molecular complexity index is 1090. The van der Waals surface area contributed by atoms with Crippen molar-refractivity contribution in [2.24, 2.45) is 0 Å². The normalized spacial score (nSPS) is 11.2. The Balaban J connectivity index is 1.47. The van der Waals surface area contributed by atoms with Crippen LogP contribution < -0.4 is 0 Å². The predicted octanol–water partition coefficient (Wildman–Crippen LogP) is 5.37. The van der Waals surface area contributed by atoms with Gasteiger partial charge in [-0.05, 0) is 48.2 Å². The van der Waals surface area contributed by atoms with Gasteiger partial charge in [0, 0.05) is 10.3 Å². The molecule has 0 radical (unpaired) electrons. The van der Waals surface area contributed by atoms with Crippen LogP contribution in [0.1, 0.15) is 15.2 Å². The van der Waals surface area contributed by atoms with Crippen molar-refractivity contribution in [3.63, 3.8) is 0 Å². The number of thioether (sulfide) groups is 1. The lowest BCUT2D eigenvalue weighted by molar-refractivity contribution is 0.102. The van der Waals surface area contributed by atoms with E-state index in [1.165, 1.54) is 35.2 Å². The van der Waals surface area contributed by atoms with Crippen LogP contribution in [0.3, 0.4) is 0 Å². The van der Waals surface area contributed by atoms with Crippen LogP contribution in [0.15, 0.2) is 58.2 Å². The minimum atomic E-state index is -0.327. The number of carbonyl (C=O) groups is 1. The van der Waals surface area contributed by atoms with Gasteiger partial charge in [0.1, 0.15) is 5.82 Å². The van der Waals surface area contributed by atoms with Crippen LogP contribution in [0.4, 0.5) is 4.39 Å². The van der Waals surface area contributed by atoms with Gasteiger partial charge in [-0.1, -0.05) is 30.0 Å². The molecule has 0 aliphatic carbocycles. The Kier molecular flexibility index (Phi) is 4.57. The van der Waals surface area contributed by atoms with Crippen molar-refractivity contribution in [3.05, 3.63) is 64.8 Å². The molecule has 7 heteroatoms. The molecule has 26 heavy (non-hydrogen) atoms. The highest BCUT2D eigenvalue weighted by Crippen LogP contribution is 2.32. The van der Waals surface area contributed by atoms with E-state index in [-0.39, 0.29) is 17.4 Å². The van der Waals surface area contributed by atoms with Gasteiger partial charge in [-0.25, -0.2) is 4.39 Å². The lowest BCUT2D eigenvalue weighted by Crippen LogP contribution is -2.01. The summed E-state index contributed by atoms with van der Waals surface area (Å²) in [6.07, 6.45) is 0. The minimum absolute atomic E-state index is 0.0373. The number of fused-ring (bicyclic) bond motifs is 1. The standard InChI is InChI=1S/C19H13FN2O2S2/c1-11-14-4-2-3-5-16(14)26-17(11)15(23)10-25-19-22-21-18(24-19)12-6-8-13(20)9-7-12/h2-9H,10H2,1H3. The van der Waals surface area contributed by atoms with Crippen LogP contribution >= 0.6 is 23.1 Å². The van der Waals surface area contributed by atoms with Crippen LogP contribution in [0.2, 0.25) is 0 Å². The number of Topliss-reactive ketones (excluding diaryl/α,β-unsaturated/α-hetero) is 1. The van der Waals surface area contributed by atoms with Gasteiger partial charge in [-0.3, -0.25) is 4.79 Å². The predicted molar refractivity (Wildman–Crippen MR) is 101 cm³/mol. The van der Waals surface area contributed by atoms with Gasteiger partial charge in [0.25, 0.3) is 5.22 Å². The molecule has 2 aromatic heterocycles. The second-order valence-electron chi connectivity index (χ2n) is 5.64. The fourth-order valence-corrected chi connectivity index (χ4v) is 4.48. The number of hydrogen-bond donors (Lipinski definition) is 0. The minimum Gasteiger partial charge on any atom is -0.411 e. The van der Waals surface area contributed by atoms with Crippen molar-refractivity contribution < 1.29 is 13.6 Å². The van der Waals surface area contributed by atoms with Crippen molar-refractivity contribution >= 4 is 39.0 Å². The van der Waals surface area contributed by atoms with E-state index < -0.39 is 0 Å². The van der Waals surface area contributed by atoms with Crippen LogP contribution in [0.5, 0.6) is 0 Å². The number of aromatic nitrogens is 2. The fraction of sp³-hybridized carbons (Fsp3) is 0.105. The molecule has 0 N–H and O–H groups in total. The van der Waals surface area contributed by atoms with E-state index in [1.54, 1.807) is 12.1 Å². The summed E-state index contributed by atoms with van der Waals surface area (Å²) in [6.45, 7) is 1.97. The van der Waals surface area contributed by atoms with Crippen molar-refractivity contribution in [2.75, 3.05) is 5.75 Å². The second kappa shape index (κ2) is 7.01. The number of thiophene rings is 1. The van der Waals surface area contributed by atoms with Crippen LogP contribution in [0.25, 0.3) is 21.5 Å². The van der Waals surface area contributed by atoms with Crippen LogP contribution in [-0.4, -0.2) is 21.7 Å². The SMILES string of the molecule is Cc1c(C(=O)CSc2nnc(-c3ccc(F)cc3)o2)sc2ccccc12. The van der Waals surface area contributed by atoms with Gasteiger partial charge < -0.3 is 4.42 Å². The lowest BCUT2D eigenvalue weighted by Gasteiger charge is -1.97. The van der Waals surface area contributed by atoms with Crippen LogP contribution in [0, 0.1) is 12.7 Å². The maximum Gasteiger partial charge on any atom is 0.277 e. The van der Waals surface area contributed by atoms with Gasteiger partial charge >= 0.3 is 0 Å². The smallest absolute Gasteiger partial charge is 0.277 e. The number of halogens is 1. The molecule has 130 valence electrons. The van der Waals surface area contributed by atoms with Crippen molar-refractivity contribution in [3.8, 4) is 11.5 Å². The zero-order valence-corrected chi connectivity index (χ0v) is 15.4. The Morgan fingerprint density at radius 1 is 1.15 bits per heavy atom. The molecule has 2 aromatic carbocycles. The first-order chi connectivity index (χ1) is 12.6. The number of ketones is 1. The summed E-state index contributed by atoms with van der Waals surface area (Å²) in [6, 6.07) is 13.8. The molecule has 0 spiro atoms. The van der Waals surface area contributed by atoms with Gasteiger partial charge in [0.2, 0.25) is 5.89 Å². The molecule has 0 unspecified atom stereocenters. The summed E-state index contributed by atoms with van der Waals surface area (Å²) >= 11 is 2.71. The lowest BCUT2D eigenvalue weighted by atomic mass is 10.1. The monoisotopic (exact) mass is 384 g/mol. The van der Waals surface area contributed by atoms with E-state index in [4.69, 9.17) is 4.42 Å². The third-order valence-electron chi connectivity index (χ3n) is 3.92. The summed E-state index contributed by atoms with van der Waals surface area (Å²) in [5, 5.41) is 9.33. The molecular formula is C19H13FN2O2S2. The molecule has 4 aromatic rings. The highest BCUT2D eigenvalue weighted by molar-refractivity contribution is 7.99. The average Bonchev–Trinajstić information content (AvgIpc) is 3.26. The van der Waals surface area contributed by atoms with E-state index >= 15 is 0 Å². The number of carbonyl (C=O) groups excluding carboxylic acids is 1. The van der Waals surface area contributed by atoms with E-state index in [1.807, 2.05) is 31.2 Å². The van der Waals surface area contributed by atoms with Crippen LogP contribution in [-0.2, 0) is 0 Å². The van der Waals surface area contributed by atoms with Crippen molar-refractivity contribution in [2.45, 2.75) is 12.1 Å². The first-order valence-corrected chi connectivity index (χ1v) is 9.65. The third-order valence-corrected chi connectivity index (χ3v) is 6.05. The van der Waals surface area contributed by atoms with Crippen molar-refractivity contribution in [1.82, 2.24) is 10.2 Å². The largest absolute Gasteiger partial charge is 0.411 e. The molecule has 0 saturated heterocycles. The molecule has 4 rings (SSSR count). The Labute approximate surface area is 157 Å².